The number of hydrogen-bond acceptors (Lipinski definition) is 4. The van der Waals surface area contributed by atoms with Crippen LogP contribution in [0.3, 0.4) is 0 Å². The van der Waals surface area contributed by atoms with E-state index >= 15 is 0 Å². The number of benzene rings is 1. The quantitative estimate of drug-likeness (QED) is 0.624. The molecule has 1 unspecified atom stereocenters. The molecule has 0 saturated heterocycles. The van der Waals surface area contributed by atoms with Crippen LogP contribution in [0.1, 0.15) is 19.4 Å². The molecule has 1 rings (SSSR count). The normalized spacial score (nSPS) is 13.2. The highest BCUT2D eigenvalue weighted by atomic mass is 16.4. The van der Waals surface area contributed by atoms with Gasteiger partial charge in [-0.15, -0.1) is 0 Å². The Bertz CT molecular complexity index is 346. The van der Waals surface area contributed by atoms with Crippen molar-refractivity contribution in [3.63, 3.8) is 0 Å². The van der Waals surface area contributed by atoms with Crippen LogP contribution in [0.25, 0.3) is 0 Å². The van der Waals surface area contributed by atoms with E-state index in [1.54, 1.807) is 19.1 Å². The van der Waals surface area contributed by atoms with Gasteiger partial charge in [-0.25, -0.2) is 0 Å². The monoisotopic (exact) mass is 241 g/mol. The van der Waals surface area contributed by atoms with Crippen molar-refractivity contribution in [2.45, 2.75) is 25.8 Å². The van der Waals surface area contributed by atoms with Crippen molar-refractivity contribution in [2.24, 2.45) is 5.73 Å². The first kappa shape index (κ1) is 15.4. The molecule has 0 bridgehead atoms. The van der Waals surface area contributed by atoms with Gasteiger partial charge >= 0.3 is 5.97 Å². The van der Waals surface area contributed by atoms with E-state index in [4.69, 9.17) is 21.1 Å². The molecule has 5 nitrogen and oxygen atoms in total. The van der Waals surface area contributed by atoms with Crippen molar-refractivity contribution < 1.29 is 20.1 Å². The molecular formula is C12H19NO4. The minimum Gasteiger partial charge on any atom is -0.508 e. The fourth-order valence-corrected chi connectivity index (χ4v) is 1.11. The molecule has 1 aromatic rings. The van der Waals surface area contributed by atoms with E-state index in [0.717, 1.165) is 5.56 Å². The maximum Gasteiger partial charge on any atom is 0.323 e. The van der Waals surface area contributed by atoms with Crippen LogP contribution >= 0.6 is 0 Å². The zero-order valence-electron chi connectivity index (χ0n) is 10.1. The maximum absolute atomic E-state index is 10.7. The molecule has 0 amide bonds. The summed E-state index contributed by atoms with van der Waals surface area (Å²) in [6, 6.07) is 6.33. The highest BCUT2D eigenvalue weighted by Gasteiger charge is 2.27. The number of carbonyl (C=O) groups is 1. The van der Waals surface area contributed by atoms with Crippen molar-refractivity contribution in [1.82, 2.24) is 0 Å². The Labute approximate surface area is 101 Å². The van der Waals surface area contributed by atoms with Gasteiger partial charge in [-0.05, 0) is 31.5 Å². The standard InChI is InChI=1S/C10H13NO3.C2H6O/c1-10(11,9(13)14)6-7-2-4-8(12)5-3-7;1-2-3/h2-5,12H,6,11H2,1H3,(H,13,14);3H,2H2,1H3. The van der Waals surface area contributed by atoms with Crippen LogP contribution in [0.5, 0.6) is 5.75 Å². The number of rotatable bonds is 3. The van der Waals surface area contributed by atoms with Gasteiger partial charge in [0.25, 0.3) is 0 Å². The van der Waals surface area contributed by atoms with Crippen LogP contribution in [0.15, 0.2) is 24.3 Å². The molecule has 0 radical (unpaired) electrons. The highest BCUT2D eigenvalue weighted by molar-refractivity contribution is 5.78. The van der Waals surface area contributed by atoms with Gasteiger partial charge in [0.05, 0.1) is 0 Å². The van der Waals surface area contributed by atoms with E-state index in [1.165, 1.54) is 19.1 Å². The molecular weight excluding hydrogens is 222 g/mol. The molecule has 0 heterocycles. The lowest BCUT2D eigenvalue weighted by Gasteiger charge is -2.18. The molecule has 0 fully saturated rings. The average molecular weight is 241 g/mol. The summed E-state index contributed by atoms with van der Waals surface area (Å²) in [5.74, 6) is -0.881. The van der Waals surface area contributed by atoms with Crippen molar-refractivity contribution in [1.29, 1.82) is 0 Å². The summed E-state index contributed by atoms with van der Waals surface area (Å²) in [6.45, 7) is 3.39. The van der Waals surface area contributed by atoms with Crippen molar-refractivity contribution in [2.75, 3.05) is 6.61 Å². The molecule has 0 aliphatic rings. The number of aromatic hydroxyl groups is 1. The average Bonchev–Trinajstić information content (AvgIpc) is 2.22. The first-order valence-corrected chi connectivity index (χ1v) is 5.24. The third-order valence-electron chi connectivity index (χ3n) is 2.00. The lowest BCUT2D eigenvalue weighted by atomic mass is 9.94. The van der Waals surface area contributed by atoms with Gasteiger partial charge in [0.1, 0.15) is 11.3 Å². The van der Waals surface area contributed by atoms with Crippen molar-refractivity contribution >= 4 is 5.97 Å². The second-order valence-electron chi connectivity index (χ2n) is 3.88. The van der Waals surface area contributed by atoms with Gasteiger partial charge in [0.2, 0.25) is 0 Å². The summed E-state index contributed by atoms with van der Waals surface area (Å²) >= 11 is 0. The second-order valence-corrected chi connectivity index (χ2v) is 3.88. The lowest BCUT2D eigenvalue weighted by Crippen LogP contribution is -2.46. The van der Waals surface area contributed by atoms with E-state index in [-0.39, 0.29) is 18.8 Å². The number of phenolic OH excluding ortho intramolecular Hbond substituents is 1. The van der Waals surface area contributed by atoms with Crippen LogP contribution in [0.4, 0.5) is 0 Å². The summed E-state index contributed by atoms with van der Waals surface area (Å²) < 4.78 is 0. The smallest absolute Gasteiger partial charge is 0.323 e. The van der Waals surface area contributed by atoms with Crippen LogP contribution in [0, 0.1) is 0 Å². The molecule has 1 atom stereocenters. The SMILES string of the molecule is CC(N)(Cc1ccc(O)cc1)C(=O)O.CCO. The molecule has 0 saturated carbocycles. The van der Waals surface area contributed by atoms with Gasteiger partial charge in [-0.1, -0.05) is 12.1 Å². The van der Waals surface area contributed by atoms with E-state index in [2.05, 4.69) is 0 Å². The summed E-state index contributed by atoms with van der Waals surface area (Å²) in [4.78, 5) is 10.7. The summed E-state index contributed by atoms with van der Waals surface area (Å²) in [5.41, 5.74) is 5.09. The summed E-state index contributed by atoms with van der Waals surface area (Å²) in [7, 11) is 0. The van der Waals surface area contributed by atoms with Crippen LogP contribution < -0.4 is 5.73 Å². The number of phenols is 1. The molecule has 96 valence electrons. The van der Waals surface area contributed by atoms with Gasteiger partial charge < -0.3 is 21.1 Å². The number of carboxylic acids is 1. The minimum absolute atomic E-state index is 0.155. The molecule has 0 spiro atoms. The van der Waals surface area contributed by atoms with Crippen LogP contribution in [0.2, 0.25) is 0 Å². The maximum atomic E-state index is 10.7. The third-order valence-corrected chi connectivity index (χ3v) is 2.00. The second kappa shape index (κ2) is 6.88. The zero-order valence-corrected chi connectivity index (χ0v) is 10.1. The minimum atomic E-state index is -1.27. The number of hydrogen-bond donors (Lipinski definition) is 4. The summed E-state index contributed by atoms with van der Waals surface area (Å²) in [5, 5.41) is 25.4. The highest BCUT2D eigenvalue weighted by Crippen LogP contribution is 2.14. The number of carboxylic acid groups (broad SMARTS) is 1. The largest absolute Gasteiger partial charge is 0.508 e. The van der Waals surface area contributed by atoms with E-state index in [9.17, 15) is 4.79 Å². The summed E-state index contributed by atoms with van der Waals surface area (Å²) in [6.07, 6.45) is 0.239. The number of aliphatic hydroxyl groups is 1. The van der Waals surface area contributed by atoms with Gasteiger partial charge in [-0.2, -0.15) is 0 Å². The van der Waals surface area contributed by atoms with E-state index < -0.39 is 11.5 Å². The number of aliphatic hydroxyl groups excluding tert-OH is 1. The van der Waals surface area contributed by atoms with Gasteiger partial charge in [0, 0.05) is 13.0 Å². The lowest BCUT2D eigenvalue weighted by molar-refractivity contribution is -0.142. The Morgan fingerprint density at radius 3 is 2.12 bits per heavy atom. The van der Waals surface area contributed by atoms with Crippen molar-refractivity contribution in [3.8, 4) is 5.75 Å². The van der Waals surface area contributed by atoms with Gasteiger partial charge in [-0.3, -0.25) is 4.79 Å². The van der Waals surface area contributed by atoms with Gasteiger partial charge in [0.15, 0.2) is 0 Å². The molecule has 1 aromatic carbocycles. The first-order chi connectivity index (χ1) is 7.83. The van der Waals surface area contributed by atoms with Crippen molar-refractivity contribution in [3.05, 3.63) is 29.8 Å². The fourth-order valence-electron chi connectivity index (χ4n) is 1.11. The zero-order chi connectivity index (χ0) is 13.5. The Morgan fingerprint density at radius 2 is 1.76 bits per heavy atom. The van der Waals surface area contributed by atoms with Crippen LogP contribution in [-0.2, 0) is 11.2 Å². The van der Waals surface area contributed by atoms with E-state index in [1.807, 2.05) is 0 Å². The Morgan fingerprint density at radius 1 is 1.35 bits per heavy atom. The Balaban J connectivity index is 0.000000770. The van der Waals surface area contributed by atoms with E-state index in [0.29, 0.717) is 0 Å². The van der Waals surface area contributed by atoms with Crippen LogP contribution in [-0.4, -0.2) is 33.4 Å². The predicted octanol–water partition coefficient (Wildman–Crippen LogP) is 0.735. The molecule has 0 aromatic heterocycles. The molecule has 0 aliphatic carbocycles. The fraction of sp³-hybridized carbons (Fsp3) is 0.417. The Hall–Kier alpha value is -1.59. The number of aliphatic carboxylic acids is 1. The number of nitrogens with two attached hydrogens (primary N) is 1. The third kappa shape index (κ3) is 5.89. The molecule has 0 aliphatic heterocycles. The molecule has 17 heavy (non-hydrogen) atoms. The predicted molar refractivity (Wildman–Crippen MR) is 64.8 cm³/mol. The molecule has 5 heteroatoms. The molecule has 5 N–H and O–H groups in total. The topological polar surface area (TPSA) is 104 Å². The Kier molecular flexibility index (Phi) is 6.23. The first-order valence-electron chi connectivity index (χ1n) is 5.24.